The lowest BCUT2D eigenvalue weighted by molar-refractivity contribution is 0.0946. The van der Waals surface area contributed by atoms with E-state index in [-0.39, 0.29) is 5.91 Å². The molecule has 0 bridgehead atoms. The van der Waals surface area contributed by atoms with Gasteiger partial charge in [-0.05, 0) is 48.9 Å². The highest BCUT2D eigenvalue weighted by molar-refractivity contribution is 5.94. The highest BCUT2D eigenvalue weighted by Crippen LogP contribution is 2.14. The van der Waals surface area contributed by atoms with Gasteiger partial charge in [-0.2, -0.15) is 0 Å². The number of carbonyl (C=O) groups excluding carboxylic acids is 1. The lowest BCUT2D eigenvalue weighted by Gasteiger charge is -2.09. The first-order chi connectivity index (χ1) is 12.8. The van der Waals surface area contributed by atoms with Crippen LogP contribution in [0.25, 0.3) is 11.0 Å². The number of pyridine rings is 2. The van der Waals surface area contributed by atoms with Crippen LogP contribution in [0.15, 0.2) is 54.7 Å². The van der Waals surface area contributed by atoms with Crippen LogP contribution in [0, 0.1) is 0 Å². The fourth-order valence-corrected chi connectivity index (χ4v) is 2.46. The van der Waals surface area contributed by atoms with Crippen molar-refractivity contribution >= 4 is 16.9 Å². The van der Waals surface area contributed by atoms with Gasteiger partial charge in [-0.3, -0.25) is 9.78 Å². The Kier molecular flexibility index (Phi) is 6.11. The Bertz CT molecular complexity index is 883. The summed E-state index contributed by atoms with van der Waals surface area (Å²) in [6.07, 6.45) is 1.70. The predicted molar refractivity (Wildman–Crippen MR) is 99.1 cm³/mol. The monoisotopic (exact) mass is 351 g/mol. The number of amides is 1. The minimum Gasteiger partial charge on any atom is -0.491 e. The maximum atomic E-state index is 12.3. The van der Waals surface area contributed by atoms with Gasteiger partial charge in [0.2, 0.25) is 0 Å². The number of hydrogen-bond acceptors (Lipinski definition) is 5. The molecule has 0 atom stereocenters. The Morgan fingerprint density at radius 1 is 1.08 bits per heavy atom. The molecule has 0 aliphatic rings. The molecule has 0 fully saturated rings. The molecule has 2 aromatic heterocycles. The number of hydrogen-bond donors (Lipinski definition) is 1. The Balaban J connectivity index is 1.58. The van der Waals surface area contributed by atoms with Crippen molar-refractivity contribution in [3.8, 4) is 5.75 Å². The van der Waals surface area contributed by atoms with Crippen LogP contribution in [0.4, 0.5) is 0 Å². The van der Waals surface area contributed by atoms with Crippen molar-refractivity contribution in [3.63, 3.8) is 0 Å². The van der Waals surface area contributed by atoms with E-state index in [0.717, 1.165) is 16.8 Å². The molecule has 2 heterocycles. The number of carbonyl (C=O) groups is 1. The third kappa shape index (κ3) is 4.77. The second-order valence-electron chi connectivity index (χ2n) is 5.61. The van der Waals surface area contributed by atoms with Crippen LogP contribution in [-0.4, -0.2) is 35.7 Å². The van der Waals surface area contributed by atoms with Crippen molar-refractivity contribution in [1.29, 1.82) is 0 Å². The van der Waals surface area contributed by atoms with Crippen LogP contribution in [0.5, 0.6) is 5.75 Å². The van der Waals surface area contributed by atoms with Gasteiger partial charge in [-0.15, -0.1) is 0 Å². The Morgan fingerprint density at radius 3 is 2.88 bits per heavy atom. The molecule has 3 rings (SSSR count). The largest absolute Gasteiger partial charge is 0.491 e. The maximum absolute atomic E-state index is 12.3. The summed E-state index contributed by atoms with van der Waals surface area (Å²) in [5, 5.41) is 2.88. The second kappa shape index (κ2) is 8.92. The molecular weight excluding hydrogens is 330 g/mol. The van der Waals surface area contributed by atoms with E-state index in [0.29, 0.717) is 37.6 Å². The van der Waals surface area contributed by atoms with E-state index < -0.39 is 0 Å². The van der Waals surface area contributed by atoms with Gasteiger partial charge >= 0.3 is 0 Å². The summed E-state index contributed by atoms with van der Waals surface area (Å²) in [7, 11) is 0. The van der Waals surface area contributed by atoms with Gasteiger partial charge in [0.25, 0.3) is 5.91 Å². The normalized spacial score (nSPS) is 10.7. The van der Waals surface area contributed by atoms with E-state index >= 15 is 0 Å². The van der Waals surface area contributed by atoms with Crippen molar-refractivity contribution in [3.05, 3.63) is 66.0 Å². The SMILES string of the molecule is CCOCCOc1cccc(CNC(=O)c2ccc3ncccc3n2)c1. The van der Waals surface area contributed by atoms with Crippen molar-refractivity contribution in [2.24, 2.45) is 0 Å². The van der Waals surface area contributed by atoms with Gasteiger partial charge in [0.1, 0.15) is 18.1 Å². The molecule has 0 aliphatic heterocycles. The number of nitrogens with one attached hydrogen (secondary N) is 1. The molecule has 0 aliphatic carbocycles. The fourth-order valence-electron chi connectivity index (χ4n) is 2.46. The molecule has 0 saturated carbocycles. The second-order valence-corrected chi connectivity index (χ2v) is 5.61. The van der Waals surface area contributed by atoms with Crippen LogP contribution in [0.1, 0.15) is 23.0 Å². The molecule has 3 aromatic rings. The highest BCUT2D eigenvalue weighted by Gasteiger charge is 2.08. The Labute approximate surface area is 152 Å². The van der Waals surface area contributed by atoms with E-state index in [1.165, 1.54) is 0 Å². The summed E-state index contributed by atoms with van der Waals surface area (Å²) in [5.74, 6) is 0.532. The summed E-state index contributed by atoms with van der Waals surface area (Å²) in [6, 6.07) is 14.7. The third-order valence-corrected chi connectivity index (χ3v) is 3.74. The van der Waals surface area contributed by atoms with Crippen molar-refractivity contribution in [1.82, 2.24) is 15.3 Å². The standard InChI is InChI=1S/C20H21N3O3/c1-2-25-11-12-26-16-6-3-5-15(13-16)14-22-20(24)19-9-8-17-18(23-19)7-4-10-21-17/h3-10,13H,2,11-12,14H2,1H3,(H,22,24). The first-order valence-corrected chi connectivity index (χ1v) is 8.55. The zero-order chi connectivity index (χ0) is 18.2. The zero-order valence-electron chi connectivity index (χ0n) is 14.6. The summed E-state index contributed by atoms with van der Waals surface area (Å²) in [4.78, 5) is 20.9. The molecule has 0 unspecified atom stereocenters. The predicted octanol–water partition coefficient (Wildman–Crippen LogP) is 2.98. The Hall–Kier alpha value is -2.99. The van der Waals surface area contributed by atoms with E-state index in [9.17, 15) is 4.79 Å². The number of benzene rings is 1. The Morgan fingerprint density at radius 2 is 2.00 bits per heavy atom. The molecule has 134 valence electrons. The van der Waals surface area contributed by atoms with Gasteiger partial charge in [0.05, 0.1) is 17.6 Å². The summed E-state index contributed by atoms with van der Waals surface area (Å²) in [6.45, 7) is 4.07. The molecular formula is C20H21N3O3. The summed E-state index contributed by atoms with van der Waals surface area (Å²) < 4.78 is 10.9. The van der Waals surface area contributed by atoms with E-state index in [4.69, 9.17) is 9.47 Å². The molecule has 1 amide bonds. The molecule has 6 nitrogen and oxygen atoms in total. The lowest BCUT2D eigenvalue weighted by Crippen LogP contribution is -2.23. The first-order valence-electron chi connectivity index (χ1n) is 8.55. The van der Waals surface area contributed by atoms with Crippen LogP contribution in [0.3, 0.4) is 0 Å². The minimum atomic E-state index is -0.224. The average Bonchev–Trinajstić information content (AvgIpc) is 2.69. The maximum Gasteiger partial charge on any atom is 0.270 e. The van der Waals surface area contributed by atoms with E-state index in [2.05, 4.69) is 15.3 Å². The molecule has 0 spiro atoms. The smallest absolute Gasteiger partial charge is 0.270 e. The summed E-state index contributed by atoms with van der Waals surface area (Å²) in [5.41, 5.74) is 2.79. The number of rotatable bonds is 8. The quantitative estimate of drug-likeness (QED) is 0.632. The lowest BCUT2D eigenvalue weighted by atomic mass is 10.2. The number of fused-ring (bicyclic) bond motifs is 1. The van der Waals surface area contributed by atoms with Gasteiger partial charge in [0.15, 0.2) is 0 Å². The zero-order valence-corrected chi connectivity index (χ0v) is 14.6. The van der Waals surface area contributed by atoms with E-state index in [1.807, 2.05) is 37.3 Å². The molecule has 0 saturated heterocycles. The minimum absolute atomic E-state index is 0.224. The number of nitrogens with zero attached hydrogens (tertiary/aromatic N) is 2. The van der Waals surface area contributed by atoms with Crippen LogP contribution >= 0.6 is 0 Å². The molecule has 26 heavy (non-hydrogen) atoms. The molecule has 6 heteroatoms. The fraction of sp³-hybridized carbons (Fsp3) is 0.250. The molecule has 1 aromatic carbocycles. The molecule has 1 N–H and O–H groups in total. The number of ether oxygens (including phenoxy) is 2. The average molecular weight is 351 g/mol. The van der Waals surface area contributed by atoms with Gasteiger partial charge in [-0.25, -0.2) is 4.98 Å². The summed E-state index contributed by atoms with van der Waals surface area (Å²) >= 11 is 0. The van der Waals surface area contributed by atoms with Gasteiger partial charge in [0, 0.05) is 19.3 Å². The highest BCUT2D eigenvalue weighted by atomic mass is 16.5. The van der Waals surface area contributed by atoms with E-state index in [1.54, 1.807) is 24.4 Å². The third-order valence-electron chi connectivity index (χ3n) is 3.74. The van der Waals surface area contributed by atoms with Crippen LogP contribution < -0.4 is 10.1 Å². The van der Waals surface area contributed by atoms with Gasteiger partial charge in [-0.1, -0.05) is 12.1 Å². The first kappa shape index (κ1) is 17.8. The molecule has 0 radical (unpaired) electrons. The van der Waals surface area contributed by atoms with Crippen LogP contribution in [-0.2, 0) is 11.3 Å². The van der Waals surface area contributed by atoms with Crippen molar-refractivity contribution in [2.75, 3.05) is 19.8 Å². The number of aromatic nitrogens is 2. The van der Waals surface area contributed by atoms with Crippen LogP contribution in [0.2, 0.25) is 0 Å². The van der Waals surface area contributed by atoms with Crippen molar-refractivity contribution < 1.29 is 14.3 Å². The topological polar surface area (TPSA) is 73.3 Å². The van der Waals surface area contributed by atoms with Crippen molar-refractivity contribution in [2.45, 2.75) is 13.5 Å². The van der Waals surface area contributed by atoms with Gasteiger partial charge < -0.3 is 14.8 Å².